The average Bonchev–Trinajstić information content (AvgIpc) is 3.46. The van der Waals surface area contributed by atoms with Crippen LogP contribution < -0.4 is 5.32 Å². The second-order valence-corrected chi connectivity index (χ2v) is 7.58. The van der Waals surface area contributed by atoms with Crippen LogP contribution in [-0.2, 0) is 11.2 Å². The van der Waals surface area contributed by atoms with Crippen molar-refractivity contribution in [1.29, 1.82) is 0 Å². The van der Waals surface area contributed by atoms with Gasteiger partial charge in [0.05, 0.1) is 11.0 Å². The smallest absolute Gasteiger partial charge is 0.227 e. The number of rotatable bonds is 6. The van der Waals surface area contributed by atoms with Crippen molar-refractivity contribution in [2.45, 2.75) is 19.8 Å². The second-order valence-electron chi connectivity index (χ2n) is 7.58. The van der Waals surface area contributed by atoms with Crippen LogP contribution in [0.3, 0.4) is 0 Å². The number of fused-ring (bicyclic) bond motifs is 1. The van der Waals surface area contributed by atoms with E-state index in [-0.39, 0.29) is 12.3 Å². The van der Waals surface area contributed by atoms with E-state index in [2.05, 4.69) is 20.4 Å². The maximum Gasteiger partial charge on any atom is 0.227 e. The molecule has 0 aliphatic carbocycles. The van der Waals surface area contributed by atoms with E-state index >= 15 is 0 Å². The molecule has 0 bridgehead atoms. The van der Waals surface area contributed by atoms with Crippen LogP contribution in [0.5, 0.6) is 0 Å². The molecular formula is C25H21N5O2. The number of hydrogen-bond donors (Lipinski definition) is 1. The Bertz CT molecular complexity index is 1370. The molecule has 0 aliphatic rings. The Morgan fingerprint density at radius 2 is 1.78 bits per heavy atom. The van der Waals surface area contributed by atoms with E-state index in [1.54, 1.807) is 6.33 Å². The number of benzene rings is 3. The first-order valence-electron chi connectivity index (χ1n) is 10.4. The van der Waals surface area contributed by atoms with Gasteiger partial charge in [0.25, 0.3) is 0 Å². The monoisotopic (exact) mass is 423 g/mol. The molecule has 1 amide bonds. The van der Waals surface area contributed by atoms with Gasteiger partial charge in [-0.05, 0) is 43.3 Å². The standard InChI is InChI=1S/C25H21N5O2/c1-17-6-8-18(9-7-17)25-28-24(32-29-25)15-14-23(31)27-19-10-12-20(13-11-19)30-16-26-21-4-2-3-5-22(21)30/h2-13,16H,14-15H2,1H3,(H,27,31). The summed E-state index contributed by atoms with van der Waals surface area (Å²) < 4.78 is 7.31. The Kier molecular flexibility index (Phi) is 5.21. The summed E-state index contributed by atoms with van der Waals surface area (Å²) in [5.74, 6) is 0.863. The van der Waals surface area contributed by atoms with E-state index in [1.807, 2.05) is 84.3 Å². The second kappa shape index (κ2) is 8.47. The molecule has 0 spiro atoms. The fraction of sp³-hybridized carbons (Fsp3) is 0.120. The number of imidazole rings is 1. The predicted molar refractivity (Wildman–Crippen MR) is 122 cm³/mol. The van der Waals surface area contributed by atoms with Gasteiger partial charge in [-0.25, -0.2) is 4.98 Å². The molecule has 0 saturated carbocycles. The number of hydrogen-bond acceptors (Lipinski definition) is 5. The third kappa shape index (κ3) is 4.13. The van der Waals surface area contributed by atoms with Gasteiger partial charge in [0.2, 0.25) is 17.6 Å². The predicted octanol–water partition coefficient (Wildman–Crippen LogP) is 4.96. The van der Waals surface area contributed by atoms with E-state index in [1.165, 1.54) is 5.56 Å². The lowest BCUT2D eigenvalue weighted by molar-refractivity contribution is -0.116. The average molecular weight is 423 g/mol. The summed E-state index contributed by atoms with van der Waals surface area (Å²) in [5, 5.41) is 6.92. The van der Waals surface area contributed by atoms with E-state index in [0.717, 1.165) is 28.0 Å². The number of carbonyl (C=O) groups is 1. The summed E-state index contributed by atoms with van der Waals surface area (Å²) in [5.41, 5.74) is 5.74. The van der Waals surface area contributed by atoms with Crippen LogP contribution in [0.4, 0.5) is 5.69 Å². The Morgan fingerprint density at radius 1 is 1.00 bits per heavy atom. The van der Waals surface area contributed by atoms with Crippen molar-refractivity contribution in [1.82, 2.24) is 19.7 Å². The first kappa shape index (κ1) is 19.7. The van der Waals surface area contributed by atoms with Crippen molar-refractivity contribution in [2.75, 3.05) is 5.32 Å². The van der Waals surface area contributed by atoms with Crippen molar-refractivity contribution in [2.24, 2.45) is 0 Å². The van der Waals surface area contributed by atoms with Gasteiger partial charge in [-0.15, -0.1) is 0 Å². The van der Waals surface area contributed by atoms with E-state index in [4.69, 9.17) is 4.52 Å². The summed E-state index contributed by atoms with van der Waals surface area (Å²) in [6, 6.07) is 23.5. The zero-order chi connectivity index (χ0) is 21.9. The van der Waals surface area contributed by atoms with Crippen molar-refractivity contribution < 1.29 is 9.32 Å². The normalized spacial score (nSPS) is 11.0. The highest BCUT2D eigenvalue weighted by Gasteiger charge is 2.11. The maximum atomic E-state index is 12.4. The lowest BCUT2D eigenvalue weighted by Gasteiger charge is -2.07. The molecule has 3 aromatic carbocycles. The summed E-state index contributed by atoms with van der Waals surface area (Å²) >= 11 is 0. The molecule has 0 fully saturated rings. The van der Waals surface area contributed by atoms with Crippen molar-refractivity contribution in [3.8, 4) is 17.1 Å². The van der Waals surface area contributed by atoms with Crippen molar-refractivity contribution in [3.63, 3.8) is 0 Å². The molecule has 0 saturated heterocycles. The number of aryl methyl sites for hydroxylation is 2. The van der Waals surface area contributed by atoms with Crippen molar-refractivity contribution in [3.05, 3.63) is 90.6 Å². The lowest BCUT2D eigenvalue weighted by Crippen LogP contribution is -2.12. The highest BCUT2D eigenvalue weighted by Crippen LogP contribution is 2.20. The third-order valence-electron chi connectivity index (χ3n) is 5.23. The SMILES string of the molecule is Cc1ccc(-c2noc(CCC(=O)Nc3ccc(-n4cnc5ccccc54)cc3)n2)cc1. The molecule has 5 rings (SSSR count). The zero-order valence-electron chi connectivity index (χ0n) is 17.5. The fourth-order valence-electron chi connectivity index (χ4n) is 3.49. The highest BCUT2D eigenvalue weighted by atomic mass is 16.5. The molecule has 0 atom stereocenters. The number of para-hydroxylation sites is 2. The number of carbonyl (C=O) groups excluding carboxylic acids is 1. The minimum atomic E-state index is -0.110. The number of aromatic nitrogens is 4. The number of anilines is 1. The van der Waals surface area contributed by atoms with Gasteiger partial charge in [0.15, 0.2) is 0 Å². The Morgan fingerprint density at radius 3 is 2.59 bits per heavy atom. The molecule has 0 radical (unpaired) electrons. The van der Waals surface area contributed by atoms with Crippen LogP contribution in [0.25, 0.3) is 28.1 Å². The first-order valence-corrected chi connectivity index (χ1v) is 10.4. The van der Waals surface area contributed by atoms with Gasteiger partial charge >= 0.3 is 0 Å². The van der Waals surface area contributed by atoms with Crippen LogP contribution in [-0.4, -0.2) is 25.6 Å². The molecule has 7 nitrogen and oxygen atoms in total. The maximum absolute atomic E-state index is 12.4. The minimum Gasteiger partial charge on any atom is -0.339 e. The summed E-state index contributed by atoms with van der Waals surface area (Å²) in [7, 11) is 0. The molecule has 5 aromatic rings. The van der Waals surface area contributed by atoms with Crippen LogP contribution in [0.1, 0.15) is 17.9 Å². The number of nitrogens with one attached hydrogen (secondary N) is 1. The van der Waals surface area contributed by atoms with E-state index < -0.39 is 0 Å². The molecular weight excluding hydrogens is 402 g/mol. The van der Waals surface area contributed by atoms with Gasteiger partial charge in [-0.3, -0.25) is 9.36 Å². The first-order chi connectivity index (χ1) is 15.7. The molecule has 2 heterocycles. The van der Waals surface area contributed by atoms with Gasteiger partial charge in [0.1, 0.15) is 6.33 Å². The molecule has 1 N–H and O–H groups in total. The van der Waals surface area contributed by atoms with E-state index in [9.17, 15) is 4.79 Å². The van der Waals surface area contributed by atoms with Gasteiger partial charge in [-0.2, -0.15) is 4.98 Å². The summed E-state index contributed by atoms with van der Waals surface area (Å²) in [6.07, 6.45) is 2.43. The highest BCUT2D eigenvalue weighted by molar-refractivity contribution is 5.91. The van der Waals surface area contributed by atoms with Gasteiger partial charge < -0.3 is 9.84 Å². The molecule has 7 heteroatoms. The Balaban J connectivity index is 1.19. The van der Waals surface area contributed by atoms with Crippen LogP contribution in [0, 0.1) is 6.92 Å². The molecule has 0 unspecified atom stereocenters. The third-order valence-corrected chi connectivity index (χ3v) is 5.23. The fourth-order valence-corrected chi connectivity index (χ4v) is 3.49. The Hall–Kier alpha value is -4.26. The molecule has 2 aromatic heterocycles. The largest absolute Gasteiger partial charge is 0.339 e. The summed E-state index contributed by atoms with van der Waals surface area (Å²) in [6.45, 7) is 2.03. The number of amides is 1. The summed E-state index contributed by atoms with van der Waals surface area (Å²) in [4.78, 5) is 21.2. The van der Waals surface area contributed by atoms with Gasteiger partial charge in [-0.1, -0.05) is 47.1 Å². The minimum absolute atomic E-state index is 0.110. The van der Waals surface area contributed by atoms with Crippen LogP contribution >= 0.6 is 0 Å². The molecule has 32 heavy (non-hydrogen) atoms. The lowest BCUT2D eigenvalue weighted by atomic mass is 10.1. The van der Waals surface area contributed by atoms with Crippen molar-refractivity contribution >= 4 is 22.6 Å². The van der Waals surface area contributed by atoms with E-state index in [0.29, 0.717) is 18.1 Å². The Labute approximate surface area is 184 Å². The number of nitrogens with zero attached hydrogens (tertiary/aromatic N) is 4. The van der Waals surface area contributed by atoms with Crippen LogP contribution in [0.15, 0.2) is 83.6 Å². The van der Waals surface area contributed by atoms with Crippen LogP contribution in [0.2, 0.25) is 0 Å². The topological polar surface area (TPSA) is 85.8 Å². The quantitative estimate of drug-likeness (QED) is 0.417. The van der Waals surface area contributed by atoms with Gasteiger partial charge in [0, 0.05) is 29.8 Å². The molecule has 0 aliphatic heterocycles. The zero-order valence-corrected chi connectivity index (χ0v) is 17.5. The molecule has 158 valence electrons.